The van der Waals surface area contributed by atoms with Gasteiger partial charge in [-0.05, 0) is 26.7 Å². The molecule has 18 heavy (non-hydrogen) atoms. The molecule has 0 amide bonds. The minimum atomic E-state index is -0.134. The van der Waals surface area contributed by atoms with Crippen molar-refractivity contribution < 1.29 is 4.74 Å². The number of rotatable bonds is 2. The van der Waals surface area contributed by atoms with Gasteiger partial charge in [0.05, 0.1) is 12.6 Å². The van der Waals surface area contributed by atoms with Crippen molar-refractivity contribution in [2.45, 2.75) is 39.3 Å². The summed E-state index contributed by atoms with van der Waals surface area (Å²) in [4.78, 5) is 16.5. The molecule has 0 aromatic carbocycles. The quantitative estimate of drug-likeness (QED) is 0.784. The van der Waals surface area contributed by atoms with Crippen molar-refractivity contribution in [2.24, 2.45) is 0 Å². The lowest BCUT2D eigenvalue weighted by Crippen LogP contribution is -2.27. The highest BCUT2D eigenvalue weighted by Gasteiger charge is 2.19. The van der Waals surface area contributed by atoms with Crippen LogP contribution in [0, 0.1) is 13.8 Å². The van der Waals surface area contributed by atoms with Gasteiger partial charge in [0.25, 0.3) is 0 Å². The van der Waals surface area contributed by atoms with Gasteiger partial charge in [0.15, 0.2) is 5.65 Å². The van der Waals surface area contributed by atoms with E-state index >= 15 is 0 Å². The van der Waals surface area contributed by atoms with Crippen LogP contribution in [0.1, 0.15) is 24.4 Å². The molecule has 0 spiro atoms. The number of fused-ring (bicyclic) bond motifs is 1. The molecule has 0 bridgehead atoms. The summed E-state index contributed by atoms with van der Waals surface area (Å²) in [6.45, 7) is 5.03. The fraction of sp³-hybridized carbons (Fsp3) is 0.583. The van der Waals surface area contributed by atoms with Gasteiger partial charge in [0.1, 0.15) is 5.82 Å². The van der Waals surface area contributed by atoms with Gasteiger partial charge >= 0.3 is 5.69 Å². The highest BCUT2D eigenvalue weighted by molar-refractivity contribution is 5.38. The van der Waals surface area contributed by atoms with Gasteiger partial charge in [0, 0.05) is 18.4 Å². The summed E-state index contributed by atoms with van der Waals surface area (Å²) in [6.07, 6.45) is 2.17. The Bertz CT molecular complexity index is 637. The zero-order chi connectivity index (χ0) is 12.7. The second-order valence-electron chi connectivity index (χ2n) is 4.74. The Kier molecular flexibility index (Phi) is 2.66. The van der Waals surface area contributed by atoms with Crippen molar-refractivity contribution in [1.82, 2.24) is 19.2 Å². The molecular formula is C12H16N4O2. The number of hydrogen-bond donors (Lipinski definition) is 0. The Morgan fingerprint density at radius 3 is 3.06 bits per heavy atom. The van der Waals surface area contributed by atoms with E-state index in [9.17, 15) is 4.79 Å². The summed E-state index contributed by atoms with van der Waals surface area (Å²) in [5.41, 5.74) is 1.39. The molecule has 2 aromatic rings. The molecule has 0 unspecified atom stereocenters. The standard InChI is InChI=1S/C12H16N4O2/c1-8-6-11-14-15(7-10-4-3-5-18-10)12(17)16(11)9(2)13-8/h6,10H,3-5,7H2,1-2H3/t10-/m0/s1. The van der Waals surface area contributed by atoms with Gasteiger partial charge < -0.3 is 4.74 Å². The van der Waals surface area contributed by atoms with Crippen molar-refractivity contribution >= 4 is 5.65 Å². The molecule has 0 radical (unpaired) electrons. The molecular weight excluding hydrogens is 232 g/mol. The predicted molar refractivity (Wildman–Crippen MR) is 65.7 cm³/mol. The second kappa shape index (κ2) is 4.20. The van der Waals surface area contributed by atoms with Crippen LogP contribution < -0.4 is 5.69 Å². The number of aryl methyl sites for hydroxylation is 2. The average molecular weight is 248 g/mol. The van der Waals surface area contributed by atoms with E-state index in [4.69, 9.17) is 4.74 Å². The van der Waals surface area contributed by atoms with Gasteiger partial charge in [-0.1, -0.05) is 0 Å². The van der Waals surface area contributed by atoms with Crippen molar-refractivity contribution in [3.05, 3.63) is 28.1 Å². The van der Waals surface area contributed by atoms with Crippen LogP contribution in [-0.2, 0) is 11.3 Å². The van der Waals surface area contributed by atoms with Gasteiger partial charge in [0.2, 0.25) is 0 Å². The van der Waals surface area contributed by atoms with Crippen LogP contribution in [0.15, 0.2) is 10.9 Å². The van der Waals surface area contributed by atoms with Crippen LogP contribution in [0.4, 0.5) is 0 Å². The lowest BCUT2D eigenvalue weighted by atomic mass is 10.2. The van der Waals surface area contributed by atoms with Gasteiger partial charge in [-0.25, -0.2) is 18.9 Å². The number of nitrogens with zero attached hydrogens (tertiary/aromatic N) is 4. The Morgan fingerprint density at radius 2 is 2.33 bits per heavy atom. The normalized spacial score (nSPS) is 19.8. The van der Waals surface area contributed by atoms with Crippen LogP contribution in [-0.4, -0.2) is 31.9 Å². The van der Waals surface area contributed by atoms with E-state index in [-0.39, 0.29) is 11.8 Å². The molecule has 0 saturated carbocycles. The molecule has 0 aliphatic carbocycles. The first kappa shape index (κ1) is 11.4. The average Bonchev–Trinajstić information content (AvgIpc) is 2.88. The topological polar surface area (TPSA) is 61.4 Å². The molecule has 96 valence electrons. The van der Waals surface area contributed by atoms with Gasteiger partial charge in [-0.15, -0.1) is 5.10 Å². The fourth-order valence-electron chi connectivity index (χ4n) is 2.45. The first-order chi connectivity index (χ1) is 8.65. The van der Waals surface area contributed by atoms with Crippen LogP contribution in [0.3, 0.4) is 0 Å². The minimum Gasteiger partial charge on any atom is -0.376 e. The Labute approximate surface area is 104 Å². The highest BCUT2D eigenvalue weighted by Crippen LogP contribution is 2.13. The van der Waals surface area contributed by atoms with Crippen LogP contribution in [0.2, 0.25) is 0 Å². The van der Waals surface area contributed by atoms with Crippen LogP contribution in [0.5, 0.6) is 0 Å². The maximum Gasteiger partial charge on any atom is 0.351 e. The lowest BCUT2D eigenvalue weighted by Gasteiger charge is -2.06. The number of hydrogen-bond acceptors (Lipinski definition) is 4. The first-order valence-electron chi connectivity index (χ1n) is 6.20. The first-order valence-corrected chi connectivity index (χ1v) is 6.20. The molecule has 1 aliphatic rings. The van der Waals surface area contributed by atoms with E-state index in [1.54, 1.807) is 4.40 Å². The molecule has 1 fully saturated rings. The largest absolute Gasteiger partial charge is 0.376 e. The van der Waals surface area contributed by atoms with E-state index in [0.29, 0.717) is 18.0 Å². The third-order valence-electron chi connectivity index (χ3n) is 3.26. The molecule has 3 rings (SSSR count). The molecule has 2 aromatic heterocycles. The predicted octanol–water partition coefficient (Wildman–Crippen LogP) is 0.687. The zero-order valence-electron chi connectivity index (χ0n) is 10.6. The van der Waals surface area contributed by atoms with Crippen LogP contribution >= 0.6 is 0 Å². The van der Waals surface area contributed by atoms with Crippen LogP contribution in [0.25, 0.3) is 5.65 Å². The maximum atomic E-state index is 12.2. The van der Waals surface area contributed by atoms with E-state index in [0.717, 1.165) is 25.1 Å². The smallest absolute Gasteiger partial charge is 0.351 e. The Hall–Kier alpha value is -1.69. The maximum absolute atomic E-state index is 12.2. The van der Waals surface area contributed by atoms with Crippen molar-refractivity contribution in [1.29, 1.82) is 0 Å². The summed E-state index contributed by atoms with van der Waals surface area (Å²) in [6, 6.07) is 1.82. The Balaban J connectivity index is 2.05. The Morgan fingerprint density at radius 1 is 1.50 bits per heavy atom. The molecule has 6 heteroatoms. The van der Waals surface area contributed by atoms with E-state index < -0.39 is 0 Å². The third-order valence-corrected chi connectivity index (χ3v) is 3.26. The van der Waals surface area contributed by atoms with E-state index in [2.05, 4.69) is 10.1 Å². The molecule has 0 N–H and O–H groups in total. The molecule has 3 heterocycles. The third kappa shape index (κ3) is 1.82. The SMILES string of the molecule is Cc1cc2nn(C[C@@H]3CCCO3)c(=O)n2c(C)n1. The van der Waals surface area contributed by atoms with Crippen molar-refractivity contribution in [3.8, 4) is 0 Å². The van der Waals surface area contributed by atoms with E-state index in [1.807, 2.05) is 19.9 Å². The second-order valence-corrected chi connectivity index (χ2v) is 4.74. The summed E-state index contributed by atoms with van der Waals surface area (Å²) in [7, 11) is 0. The number of aromatic nitrogens is 4. The summed E-state index contributed by atoms with van der Waals surface area (Å²) < 4.78 is 8.57. The highest BCUT2D eigenvalue weighted by atomic mass is 16.5. The molecule has 6 nitrogen and oxygen atoms in total. The van der Waals surface area contributed by atoms with Gasteiger partial charge in [-0.2, -0.15) is 0 Å². The van der Waals surface area contributed by atoms with Crippen molar-refractivity contribution in [3.63, 3.8) is 0 Å². The summed E-state index contributed by atoms with van der Waals surface area (Å²) in [5, 5.41) is 4.34. The van der Waals surface area contributed by atoms with E-state index in [1.165, 1.54) is 4.68 Å². The fourth-order valence-corrected chi connectivity index (χ4v) is 2.45. The lowest BCUT2D eigenvalue weighted by molar-refractivity contribution is 0.0931. The van der Waals surface area contributed by atoms with Gasteiger partial charge in [-0.3, -0.25) is 0 Å². The summed E-state index contributed by atoms with van der Waals surface area (Å²) in [5.74, 6) is 0.675. The summed E-state index contributed by atoms with van der Waals surface area (Å²) >= 11 is 0. The monoisotopic (exact) mass is 248 g/mol. The zero-order valence-corrected chi connectivity index (χ0v) is 10.6. The molecule has 1 saturated heterocycles. The number of ether oxygens (including phenoxy) is 1. The minimum absolute atomic E-state index is 0.113. The molecule has 1 atom stereocenters. The van der Waals surface area contributed by atoms with Crippen molar-refractivity contribution in [2.75, 3.05) is 6.61 Å². The molecule has 1 aliphatic heterocycles.